The van der Waals surface area contributed by atoms with Crippen LogP contribution in [0, 0.1) is 17.5 Å². The number of halogens is 3. The highest BCUT2D eigenvalue weighted by molar-refractivity contribution is 7.92. The predicted molar refractivity (Wildman–Crippen MR) is 79.5 cm³/mol. The molecule has 0 aliphatic carbocycles. The number of hydrogen-bond acceptors (Lipinski definition) is 3. The van der Waals surface area contributed by atoms with E-state index in [1.54, 1.807) is 0 Å². The minimum atomic E-state index is -4.21. The van der Waals surface area contributed by atoms with E-state index in [4.69, 9.17) is 4.74 Å². The van der Waals surface area contributed by atoms with Crippen LogP contribution in [0.3, 0.4) is 0 Å². The van der Waals surface area contributed by atoms with Gasteiger partial charge in [0.1, 0.15) is 11.6 Å². The maximum absolute atomic E-state index is 13.9. The number of hydrogen-bond donors (Lipinski definition) is 0. The van der Waals surface area contributed by atoms with E-state index in [0.29, 0.717) is 6.07 Å². The van der Waals surface area contributed by atoms with Crippen molar-refractivity contribution in [2.45, 2.75) is 11.8 Å². The van der Waals surface area contributed by atoms with Gasteiger partial charge in [-0.15, -0.1) is 0 Å². The molecule has 0 saturated heterocycles. The summed E-state index contributed by atoms with van der Waals surface area (Å²) in [7, 11) is -2.96. The van der Waals surface area contributed by atoms with Gasteiger partial charge in [-0.3, -0.25) is 4.31 Å². The summed E-state index contributed by atoms with van der Waals surface area (Å²) >= 11 is 0. The molecule has 2 rings (SSSR count). The van der Waals surface area contributed by atoms with Gasteiger partial charge in [-0.25, -0.2) is 21.6 Å². The number of sulfonamides is 1. The van der Waals surface area contributed by atoms with E-state index in [-0.39, 0.29) is 22.9 Å². The summed E-state index contributed by atoms with van der Waals surface area (Å²) in [6.07, 6.45) is 0. The lowest BCUT2D eigenvalue weighted by Crippen LogP contribution is -2.31. The molecule has 8 heteroatoms. The van der Waals surface area contributed by atoms with Crippen molar-refractivity contribution in [1.29, 1.82) is 0 Å². The zero-order chi connectivity index (χ0) is 17.2. The first kappa shape index (κ1) is 17.1. The van der Waals surface area contributed by atoms with Crippen molar-refractivity contribution in [3.8, 4) is 5.75 Å². The molecule has 4 nitrogen and oxygen atoms in total. The molecule has 2 aromatic carbocycles. The second-order valence-electron chi connectivity index (χ2n) is 4.56. The standard InChI is InChI=1S/C15H14F3NO3S/c1-3-19(14-6-4-10(16)8-12(14)17)23(20,21)11-5-7-15(22-2)13(18)9-11/h4-9H,3H2,1-2H3. The van der Waals surface area contributed by atoms with Crippen LogP contribution in [-0.2, 0) is 10.0 Å². The van der Waals surface area contributed by atoms with Gasteiger partial charge in [-0.1, -0.05) is 0 Å². The molecule has 0 aliphatic heterocycles. The van der Waals surface area contributed by atoms with Gasteiger partial charge in [0.25, 0.3) is 10.0 Å². The molecule has 0 bridgehead atoms. The molecule has 2 aromatic rings. The van der Waals surface area contributed by atoms with E-state index in [1.807, 2.05) is 0 Å². The Morgan fingerprint density at radius 1 is 1.04 bits per heavy atom. The van der Waals surface area contributed by atoms with E-state index in [9.17, 15) is 21.6 Å². The zero-order valence-electron chi connectivity index (χ0n) is 12.4. The molecule has 0 fully saturated rings. The van der Waals surface area contributed by atoms with Crippen molar-refractivity contribution in [1.82, 2.24) is 0 Å². The lowest BCUT2D eigenvalue weighted by atomic mass is 10.3. The summed E-state index contributed by atoms with van der Waals surface area (Å²) in [5.74, 6) is -2.82. The second-order valence-corrected chi connectivity index (χ2v) is 6.42. The monoisotopic (exact) mass is 345 g/mol. The molecule has 0 unspecified atom stereocenters. The van der Waals surface area contributed by atoms with Crippen molar-refractivity contribution in [2.24, 2.45) is 0 Å². The number of rotatable bonds is 5. The van der Waals surface area contributed by atoms with Crippen molar-refractivity contribution in [2.75, 3.05) is 18.0 Å². The van der Waals surface area contributed by atoms with E-state index in [2.05, 4.69) is 0 Å². The molecule has 0 atom stereocenters. The minimum Gasteiger partial charge on any atom is -0.494 e. The van der Waals surface area contributed by atoms with E-state index < -0.39 is 27.5 Å². The first-order valence-corrected chi connectivity index (χ1v) is 8.06. The summed E-state index contributed by atoms with van der Waals surface area (Å²) in [5, 5.41) is 0. The van der Waals surface area contributed by atoms with Crippen molar-refractivity contribution in [3.05, 3.63) is 53.8 Å². The van der Waals surface area contributed by atoms with Gasteiger partial charge in [0.2, 0.25) is 0 Å². The summed E-state index contributed by atoms with van der Waals surface area (Å²) in [5.41, 5.74) is -0.315. The first-order valence-electron chi connectivity index (χ1n) is 6.62. The van der Waals surface area contributed by atoms with Crippen LogP contribution in [0.25, 0.3) is 0 Å². The summed E-state index contributed by atoms with van der Waals surface area (Å²) < 4.78 is 71.3. The number of benzene rings is 2. The molecule has 0 N–H and O–H groups in total. The van der Waals surface area contributed by atoms with Gasteiger partial charge >= 0.3 is 0 Å². The highest BCUT2D eigenvalue weighted by Crippen LogP contribution is 2.28. The smallest absolute Gasteiger partial charge is 0.264 e. The third kappa shape index (κ3) is 3.26. The molecular formula is C15H14F3NO3S. The quantitative estimate of drug-likeness (QED) is 0.835. The van der Waals surface area contributed by atoms with Gasteiger partial charge < -0.3 is 4.74 Å². The average Bonchev–Trinajstić information content (AvgIpc) is 2.49. The highest BCUT2D eigenvalue weighted by Gasteiger charge is 2.27. The highest BCUT2D eigenvalue weighted by atomic mass is 32.2. The number of ether oxygens (including phenoxy) is 1. The normalized spacial score (nSPS) is 11.3. The van der Waals surface area contributed by atoms with Gasteiger partial charge in [0, 0.05) is 12.6 Å². The van der Waals surface area contributed by atoms with Crippen LogP contribution in [-0.4, -0.2) is 22.1 Å². The van der Waals surface area contributed by atoms with Crippen LogP contribution in [0.15, 0.2) is 41.3 Å². The van der Waals surface area contributed by atoms with E-state index >= 15 is 0 Å². The topological polar surface area (TPSA) is 46.6 Å². The number of methoxy groups -OCH3 is 1. The van der Waals surface area contributed by atoms with Gasteiger partial charge in [0.15, 0.2) is 11.6 Å². The van der Waals surface area contributed by atoms with Gasteiger partial charge in [-0.05, 0) is 37.3 Å². The molecule has 23 heavy (non-hydrogen) atoms. The molecule has 0 amide bonds. The maximum Gasteiger partial charge on any atom is 0.264 e. The Morgan fingerprint density at radius 3 is 2.26 bits per heavy atom. The Labute approximate surface area is 132 Å². The molecule has 124 valence electrons. The second kappa shape index (κ2) is 6.49. The Morgan fingerprint density at radius 2 is 1.74 bits per heavy atom. The maximum atomic E-state index is 13.9. The zero-order valence-corrected chi connectivity index (χ0v) is 13.2. The van der Waals surface area contributed by atoms with Crippen LogP contribution < -0.4 is 9.04 Å². The molecule has 0 aromatic heterocycles. The largest absolute Gasteiger partial charge is 0.494 e. The summed E-state index contributed by atoms with van der Waals surface area (Å²) in [6.45, 7) is 1.37. The minimum absolute atomic E-state index is 0.111. The number of anilines is 1. The predicted octanol–water partition coefficient (Wildman–Crippen LogP) is 3.33. The fourth-order valence-electron chi connectivity index (χ4n) is 2.09. The van der Waals surface area contributed by atoms with E-state index in [0.717, 1.165) is 34.6 Å². The Bertz CT molecular complexity index is 825. The molecule has 0 spiro atoms. The van der Waals surface area contributed by atoms with Crippen LogP contribution in [0.5, 0.6) is 5.75 Å². The SMILES string of the molecule is CCN(c1ccc(F)cc1F)S(=O)(=O)c1ccc(OC)c(F)c1. The average molecular weight is 345 g/mol. The molecule has 0 aliphatic rings. The Kier molecular flexibility index (Phi) is 4.84. The van der Waals surface area contributed by atoms with E-state index in [1.165, 1.54) is 14.0 Å². The third-order valence-electron chi connectivity index (χ3n) is 3.18. The first-order chi connectivity index (χ1) is 10.8. The van der Waals surface area contributed by atoms with Crippen LogP contribution in [0.4, 0.5) is 18.9 Å². The molecular weight excluding hydrogens is 331 g/mol. The summed E-state index contributed by atoms with van der Waals surface area (Å²) in [6, 6.07) is 5.66. The fourth-order valence-corrected chi connectivity index (χ4v) is 3.58. The molecule has 0 heterocycles. The van der Waals surface area contributed by atoms with Crippen LogP contribution in [0.1, 0.15) is 6.92 Å². The van der Waals surface area contributed by atoms with Crippen molar-refractivity contribution >= 4 is 15.7 Å². The lowest BCUT2D eigenvalue weighted by molar-refractivity contribution is 0.385. The fraction of sp³-hybridized carbons (Fsp3) is 0.200. The summed E-state index contributed by atoms with van der Waals surface area (Å²) in [4.78, 5) is -0.360. The van der Waals surface area contributed by atoms with Gasteiger partial charge in [-0.2, -0.15) is 0 Å². The lowest BCUT2D eigenvalue weighted by Gasteiger charge is -2.23. The van der Waals surface area contributed by atoms with Gasteiger partial charge in [0.05, 0.1) is 17.7 Å². The van der Waals surface area contributed by atoms with Crippen molar-refractivity contribution < 1.29 is 26.3 Å². The van der Waals surface area contributed by atoms with Crippen LogP contribution >= 0.6 is 0 Å². The molecule has 0 saturated carbocycles. The Balaban J connectivity index is 2.53. The van der Waals surface area contributed by atoms with Crippen LogP contribution in [0.2, 0.25) is 0 Å². The van der Waals surface area contributed by atoms with Crippen molar-refractivity contribution in [3.63, 3.8) is 0 Å². The number of nitrogens with zero attached hydrogens (tertiary/aromatic N) is 1. The third-order valence-corrected chi connectivity index (χ3v) is 5.06. The molecule has 0 radical (unpaired) electrons. The Hall–Kier alpha value is -2.22.